The molecule has 0 amide bonds. The van der Waals surface area contributed by atoms with Crippen molar-refractivity contribution in [2.24, 2.45) is 4.99 Å². The highest BCUT2D eigenvalue weighted by Gasteiger charge is 2.08. The topological polar surface area (TPSA) is 80.3 Å². The summed E-state index contributed by atoms with van der Waals surface area (Å²) in [6.45, 7) is 6.26. The Morgan fingerprint density at radius 2 is 2.29 bits per heavy atom. The Balaban J connectivity index is 1.74. The minimum Gasteiger partial charge on any atom is -0.359 e. The number of hydrogen-bond acceptors (Lipinski definition) is 4. The number of aromatic nitrogens is 3. The highest BCUT2D eigenvalue weighted by atomic mass is 16.5. The van der Waals surface area contributed by atoms with Gasteiger partial charge in [-0.05, 0) is 12.0 Å². The molecule has 21 heavy (non-hydrogen) atoms. The molecule has 0 aliphatic heterocycles. The van der Waals surface area contributed by atoms with Gasteiger partial charge in [-0.15, -0.1) is 0 Å². The molecule has 0 aromatic carbocycles. The minimum atomic E-state index is 0.369. The second-order valence-corrected chi connectivity index (χ2v) is 4.99. The molecule has 0 aliphatic rings. The molecule has 7 heteroatoms. The van der Waals surface area contributed by atoms with Crippen molar-refractivity contribution in [3.05, 3.63) is 36.0 Å². The summed E-state index contributed by atoms with van der Waals surface area (Å²) >= 11 is 0. The van der Waals surface area contributed by atoms with Gasteiger partial charge in [0.2, 0.25) is 0 Å². The highest BCUT2D eigenvalue weighted by Crippen LogP contribution is 2.13. The van der Waals surface area contributed by atoms with Crippen LogP contribution in [-0.4, -0.2) is 34.5 Å². The van der Waals surface area contributed by atoms with Crippen molar-refractivity contribution < 1.29 is 4.52 Å². The quantitative estimate of drug-likeness (QED) is 0.620. The lowest BCUT2D eigenvalue weighted by Gasteiger charge is -2.10. The molecular weight excluding hydrogens is 268 g/mol. The van der Waals surface area contributed by atoms with Crippen LogP contribution in [0.4, 0.5) is 0 Å². The van der Waals surface area contributed by atoms with Gasteiger partial charge in [-0.1, -0.05) is 19.0 Å². The van der Waals surface area contributed by atoms with Gasteiger partial charge in [-0.25, -0.2) is 0 Å². The van der Waals surface area contributed by atoms with Gasteiger partial charge in [0.15, 0.2) is 11.7 Å². The predicted molar refractivity (Wildman–Crippen MR) is 81.0 cm³/mol. The van der Waals surface area contributed by atoms with Gasteiger partial charge in [-0.3, -0.25) is 9.67 Å². The first-order valence-electron chi connectivity index (χ1n) is 7.06. The summed E-state index contributed by atoms with van der Waals surface area (Å²) in [4.78, 5) is 4.17. The fourth-order valence-corrected chi connectivity index (χ4v) is 1.80. The van der Waals surface area contributed by atoms with Crippen molar-refractivity contribution in [3.63, 3.8) is 0 Å². The zero-order chi connectivity index (χ0) is 15.1. The molecule has 0 radical (unpaired) electrons. The molecule has 2 aromatic heterocycles. The maximum absolute atomic E-state index is 5.27. The smallest absolute Gasteiger partial charge is 0.191 e. The average molecular weight is 290 g/mol. The van der Waals surface area contributed by atoms with Crippen LogP contribution in [0.1, 0.15) is 31.2 Å². The zero-order valence-electron chi connectivity index (χ0n) is 12.7. The molecule has 2 N–H and O–H groups in total. The third kappa shape index (κ3) is 4.62. The van der Waals surface area contributed by atoms with Crippen LogP contribution in [-0.2, 0) is 13.1 Å². The predicted octanol–water partition coefficient (Wildman–Crippen LogP) is 1.36. The van der Waals surface area contributed by atoms with E-state index in [9.17, 15) is 0 Å². The Morgan fingerprint density at radius 1 is 1.43 bits per heavy atom. The van der Waals surface area contributed by atoms with E-state index in [1.807, 2.05) is 23.0 Å². The number of rotatable bonds is 6. The standard InChI is InChI=1S/C14H22N6O/c1-11(2)13-9-12(21-19-13)10-17-14(15-3)16-6-8-20-7-4-5-18-20/h4-5,7,9,11H,6,8,10H2,1-3H3,(H2,15,16,17). The highest BCUT2D eigenvalue weighted by molar-refractivity contribution is 5.79. The van der Waals surface area contributed by atoms with Gasteiger partial charge >= 0.3 is 0 Å². The first kappa shape index (κ1) is 15.1. The van der Waals surface area contributed by atoms with Gasteiger partial charge in [0.1, 0.15) is 0 Å². The Bertz CT molecular complexity index is 558. The van der Waals surface area contributed by atoms with E-state index >= 15 is 0 Å². The van der Waals surface area contributed by atoms with E-state index < -0.39 is 0 Å². The fraction of sp³-hybridized carbons (Fsp3) is 0.500. The van der Waals surface area contributed by atoms with Crippen LogP contribution in [0, 0.1) is 0 Å². The molecule has 0 spiro atoms. The summed E-state index contributed by atoms with van der Waals surface area (Å²) in [5.41, 5.74) is 0.966. The molecule has 0 saturated heterocycles. The summed E-state index contributed by atoms with van der Waals surface area (Å²) in [6, 6.07) is 3.87. The molecule has 0 aliphatic carbocycles. The molecule has 0 atom stereocenters. The molecule has 114 valence electrons. The molecule has 0 bridgehead atoms. The maximum atomic E-state index is 5.27. The van der Waals surface area contributed by atoms with E-state index in [0.29, 0.717) is 12.5 Å². The van der Waals surface area contributed by atoms with Crippen LogP contribution < -0.4 is 10.6 Å². The summed E-state index contributed by atoms with van der Waals surface area (Å²) in [6.07, 6.45) is 3.70. The van der Waals surface area contributed by atoms with Gasteiger partial charge in [0, 0.05) is 32.1 Å². The first-order valence-corrected chi connectivity index (χ1v) is 7.06. The Kier molecular flexibility index (Phi) is 5.36. The second kappa shape index (κ2) is 7.47. The normalized spacial score (nSPS) is 11.9. The van der Waals surface area contributed by atoms with Crippen LogP contribution in [0.15, 0.2) is 34.0 Å². The fourth-order valence-electron chi connectivity index (χ4n) is 1.80. The van der Waals surface area contributed by atoms with Crippen LogP contribution in [0.25, 0.3) is 0 Å². The van der Waals surface area contributed by atoms with Crippen LogP contribution in [0.2, 0.25) is 0 Å². The van der Waals surface area contributed by atoms with E-state index in [2.05, 4.69) is 39.7 Å². The van der Waals surface area contributed by atoms with Crippen molar-refractivity contribution in [3.8, 4) is 0 Å². The summed E-state index contributed by atoms with van der Waals surface area (Å²) in [5, 5.41) is 14.6. The van der Waals surface area contributed by atoms with E-state index in [1.165, 1.54) is 0 Å². The van der Waals surface area contributed by atoms with Crippen molar-refractivity contribution in [1.29, 1.82) is 0 Å². The Morgan fingerprint density at radius 3 is 2.90 bits per heavy atom. The lowest BCUT2D eigenvalue weighted by Crippen LogP contribution is -2.38. The third-order valence-electron chi connectivity index (χ3n) is 3.01. The molecule has 2 aromatic rings. The summed E-state index contributed by atoms with van der Waals surface area (Å²) in [7, 11) is 1.74. The second-order valence-electron chi connectivity index (χ2n) is 4.99. The van der Waals surface area contributed by atoms with Crippen molar-refractivity contribution in [2.75, 3.05) is 13.6 Å². The molecule has 2 rings (SSSR count). The Labute approximate surface area is 124 Å². The molecular formula is C14H22N6O. The SMILES string of the molecule is CN=C(NCCn1cccn1)NCc1cc(C(C)C)no1. The number of aliphatic imine (C=N–C) groups is 1. The number of hydrogen-bond donors (Lipinski definition) is 2. The summed E-state index contributed by atoms with van der Waals surface area (Å²) in [5.74, 6) is 1.90. The molecule has 7 nitrogen and oxygen atoms in total. The average Bonchev–Trinajstić information content (AvgIpc) is 3.13. The molecule has 0 unspecified atom stereocenters. The van der Waals surface area contributed by atoms with Crippen LogP contribution >= 0.6 is 0 Å². The van der Waals surface area contributed by atoms with E-state index in [4.69, 9.17) is 4.52 Å². The maximum Gasteiger partial charge on any atom is 0.191 e. The first-order chi connectivity index (χ1) is 10.2. The zero-order valence-corrected chi connectivity index (χ0v) is 12.7. The van der Waals surface area contributed by atoms with Crippen molar-refractivity contribution in [2.45, 2.75) is 32.9 Å². The summed E-state index contributed by atoms with van der Waals surface area (Å²) < 4.78 is 7.14. The van der Waals surface area contributed by atoms with Crippen LogP contribution in [0.3, 0.4) is 0 Å². The lowest BCUT2D eigenvalue weighted by atomic mass is 10.1. The molecule has 2 heterocycles. The third-order valence-corrected chi connectivity index (χ3v) is 3.01. The lowest BCUT2D eigenvalue weighted by molar-refractivity contribution is 0.372. The van der Waals surface area contributed by atoms with E-state index in [-0.39, 0.29) is 0 Å². The monoisotopic (exact) mass is 290 g/mol. The van der Waals surface area contributed by atoms with Crippen molar-refractivity contribution >= 4 is 5.96 Å². The minimum absolute atomic E-state index is 0.369. The van der Waals surface area contributed by atoms with Gasteiger partial charge in [0.25, 0.3) is 0 Å². The van der Waals surface area contributed by atoms with Crippen LogP contribution in [0.5, 0.6) is 0 Å². The van der Waals surface area contributed by atoms with E-state index in [1.54, 1.807) is 13.2 Å². The molecule has 0 fully saturated rings. The van der Waals surface area contributed by atoms with E-state index in [0.717, 1.165) is 30.5 Å². The number of guanidine groups is 1. The molecule has 0 saturated carbocycles. The van der Waals surface area contributed by atoms with Gasteiger partial charge in [0.05, 0.1) is 18.8 Å². The number of nitrogens with one attached hydrogen (secondary N) is 2. The van der Waals surface area contributed by atoms with Gasteiger partial charge in [-0.2, -0.15) is 5.10 Å². The number of nitrogens with zero attached hydrogens (tertiary/aromatic N) is 4. The Hall–Kier alpha value is -2.31. The largest absolute Gasteiger partial charge is 0.359 e. The van der Waals surface area contributed by atoms with Gasteiger partial charge < -0.3 is 15.2 Å². The van der Waals surface area contributed by atoms with Crippen molar-refractivity contribution in [1.82, 2.24) is 25.6 Å².